The molecule has 2 aromatic carbocycles. The number of rotatable bonds is 2. The monoisotopic (exact) mass is 600 g/mol. The average molecular weight is 602 g/mol. The van der Waals surface area contributed by atoms with Gasteiger partial charge in [0.1, 0.15) is 11.6 Å². The van der Waals surface area contributed by atoms with Crippen molar-refractivity contribution in [3.05, 3.63) is 93.6 Å². The summed E-state index contributed by atoms with van der Waals surface area (Å²) in [6, 6.07) is 16.5. The van der Waals surface area contributed by atoms with E-state index < -0.39 is 22.7 Å². The van der Waals surface area contributed by atoms with Crippen LogP contribution >= 0.6 is 57.7 Å². The van der Waals surface area contributed by atoms with Crippen molar-refractivity contribution in [2.75, 3.05) is 5.32 Å². The van der Waals surface area contributed by atoms with Crippen molar-refractivity contribution in [2.24, 2.45) is 11.1 Å². The number of halogens is 4. The predicted octanol–water partition coefficient (Wildman–Crippen LogP) is 6.80. The minimum Gasteiger partial charge on any atom is -0.384 e. The first-order chi connectivity index (χ1) is 18.1. The van der Waals surface area contributed by atoms with Gasteiger partial charge in [-0.1, -0.05) is 69.9 Å². The molecule has 2 unspecified atom stereocenters. The second-order valence-corrected chi connectivity index (χ2v) is 11.9. The summed E-state index contributed by atoms with van der Waals surface area (Å²) in [6.45, 7) is 0. The molecular weight excluding hydrogens is 586 g/mol. The minimum absolute atomic E-state index is 0.0809. The smallest absolute Gasteiger partial charge is 0.306 e. The molecule has 190 valence electrons. The molecule has 38 heavy (non-hydrogen) atoms. The van der Waals surface area contributed by atoms with Crippen LogP contribution in [0.2, 0.25) is 20.1 Å². The normalized spacial score (nSPS) is 23.6. The number of nitrogens with zero attached hydrogens (tertiary/aromatic N) is 3. The van der Waals surface area contributed by atoms with E-state index in [1.54, 1.807) is 36.4 Å². The Hall–Kier alpha value is -3.16. The standard InChI is InChI=1S/C26H16Cl4N6OS/c27-12-1-3-14(19(29)5-12)16-7-25(18(9-31)22(34)35-23-21(25)38-24(37)36-23)8-17(26(16,10-32)11-33)15-4-2-13(28)6-20(15)30/h1-6,16-17,35H,7-8,34H2,(H,36,37). The topological polar surface area (TPSA) is 142 Å². The molecule has 0 amide bonds. The highest BCUT2D eigenvalue weighted by atomic mass is 35.5. The fourth-order valence-electron chi connectivity index (χ4n) is 5.84. The van der Waals surface area contributed by atoms with E-state index in [0.717, 1.165) is 11.3 Å². The van der Waals surface area contributed by atoms with Crippen LogP contribution in [0.15, 0.2) is 52.6 Å². The third-order valence-corrected chi connectivity index (χ3v) is 9.66. The lowest BCUT2D eigenvalue weighted by Crippen LogP contribution is -2.49. The van der Waals surface area contributed by atoms with Crippen LogP contribution < -0.4 is 15.9 Å². The van der Waals surface area contributed by atoms with E-state index in [0.29, 0.717) is 31.9 Å². The second kappa shape index (κ2) is 9.54. The fraction of sp³-hybridized carbons (Fsp3) is 0.231. The number of H-pyrrole nitrogens is 1. The molecule has 0 saturated heterocycles. The van der Waals surface area contributed by atoms with Crippen molar-refractivity contribution in [3.8, 4) is 18.2 Å². The average Bonchev–Trinajstić information content (AvgIpc) is 3.25. The van der Waals surface area contributed by atoms with Gasteiger partial charge in [0, 0.05) is 37.3 Å². The van der Waals surface area contributed by atoms with E-state index in [-0.39, 0.29) is 39.2 Å². The number of benzene rings is 2. The molecule has 1 aliphatic carbocycles. The molecule has 1 fully saturated rings. The number of hydrogen-bond acceptors (Lipinski definition) is 7. The summed E-state index contributed by atoms with van der Waals surface area (Å²) >= 11 is 26.6. The Kier molecular flexibility index (Phi) is 6.64. The molecule has 2 heterocycles. The highest BCUT2D eigenvalue weighted by Crippen LogP contribution is 2.65. The van der Waals surface area contributed by atoms with Crippen LogP contribution in [0.25, 0.3) is 0 Å². The Morgan fingerprint density at radius 1 is 0.921 bits per heavy atom. The van der Waals surface area contributed by atoms with Gasteiger partial charge < -0.3 is 11.1 Å². The van der Waals surface area contributed by atoms with E-state index in [9.17, 15) is 20.6 Å². The van der Waals surface area contributed by atoms with E-state index in [4.69, 9.17) is 52.1 Å². The SMILES string of the molecule is N#CC1=C(N)Nc2[nH]c(=O)sc2C12CC(c1ccc(Cl)cc1Cl)C(C#N)(C#N)C(c1ccc(Cl)cc1Cl)C2. The Labute approximate surface area is 241 Å². The number of anilines is 1. The zero-order chi connectivity index (χ0) is 27.4. The van der Waals surface area contributed by atoms with Crippen LogP contribution in [-0.2, 0) is 5.41 Å². The lowest BCUT2D eigenvalue weighted by Gasteiger charge is -2.51. The minimum atomic E-state index is -1.66. The summed E-state index contributed by atoms with van der Waals surface area (Å²) in [5.41, 5.74) is 4.75. The third-order valence-electron chi connectivity index (χ3n) is 7.45. The number of nitriles is 3. The van der Waals surface area contributed by atoms with Crippen molar-refractivity contribution in [1.29, 1.82) is 15.8 Å². The van der Waals surface area contributed by atoms with Gasteiger partial charge in [-0.25, -0.2) is 0 Å². The van der Waals surface area contributed by atoms with E-state index >= 15 is 0 Å². The molecule has 2 atom stereocenters. The molecular formula is C26H16Cl4N6OS. The zero-order valence-corrected chi connectivity index (χ0v) is 23.1. The molecule has 2 aliphatic rings. The highest BCUT2D eigenvalue weighted by Gasteiger charge is 2.61. The lowest BCUT2D eigenvalue weighted by molar-refractivity contribution is 0.180. The Balaban J connectivity index is 1.88. The number of fused-ring (bicyclic) bond motifs is 2. The first-order valence-electron chi connectivity index (χ1n) is 11.2. The van der Waals surface area contributed by atoms with Crippen LogP contribution in [-0.4, -0.2) is 4.98 Å². The van der Waals surface area contributed by atoms with Crippen molar-refractivity contribution in [1.82, 2.24) is 4.98 Å². The molecule has 5 rings (SSSR count). The Morgan fingerprint density at radius 2 is 1.45 bits per heavy atom. The van der Waals surface area contributed by atoms with Gasteiger partial charge in [-0.15, -0.1) is 0 Å². The highest BCUT2D eigenvalue weighted by molar-refractivity contribution is 7.10. The van der Waals surface area contributed by atoms with Crippen molar-refractivity contribution >= 4 is 63.6 Å². The van der Waals surface area contributed by atoms with Crippen LogP contribution in [0.1, 0.15) is 40.7 Å². The molecule has 1 aliphatic heterocycles. The molecule has 3 aromatic rings. The molecule has 7 nitrogen and oxygen atoms in total. The van der Waals surface area contributed by atoms with E-state index in [1.807, 2.05) is 0 Å². The molecule has 4 N–H and O–H groups in total. The molecule has 0 bridgehead atoms. The van der Waals surface area contributed by atoms with Crippen molar-refractivity contribution < 1.29 is 0 Å². The Bertz CT molecular complexity index is 1630. The van der Waals surface area contributed by atoms with Gasteiger partial charge in [0.15, 0.2) is 5.41 Å². The second-order valence-electron chi connectivity index (χ2n) is 9.26. The summed E-state index contributed by atoms with van der Waals surface area (Å²) in [4.78, 5) is 15.5. The van der Waals surface area contributed by atoms with E-state index in [2.05, 4.69) is 28.5 Å². The third kappa shape index (κ3) is 3.86. The van der Waals surface area contributed by atoms with E-state index in [1.165, 1.54) is 0 Å². The van der Waals surface area contributed by atoms with Gasteiger partial charge >= 0.3 is 4.87 Å². The number of thiazole rings is 1. The van der Waals surface area contributed by atoms with Gasteiger partial charge in [0.25, 0.3) is 0 Å². The quantitative estimate of drug-likeness (QED) is 0.295. The summed E-state index contributed by atoms with van der Waals surface area (Å²) in [5, 5.41) is 35.9. The molecule has 1 saturated carbocycles. The summed E-state index contributed by atoms with van der Waals surface area (Å²) in [5.74, 6) is -1.20. The summed E-state index contributed by atoms with van der Waals surface area (Å²) in [6.07, 6.45) is 0.201. The fourth-order valence-corrected chi connectivity index (χ4v) is 7.93. The molecule has 1 aromatic heterocycles. The maximum atomic E-state index is 12.5. The van der Waals surface area contributed by atoms with Gasteiger partial charge in [-0.2, -0.15) is 15.8 Å². The molecule has 1 spiro atoms. The predicted molar refractivity (Wildman–Crippen MR) is 148 cm³/mol. The zero-order valence-electron chi connectivity index (χ0n) is 19.3. The first-order valence-corrected chi connectivity index (χ1v) is 13.6. The van der Waals surface area contributed by atoms with Crippen molar-refractivity contribution in [3.63, 3.8) is 0 Å². The molecule has 0 radical (unpaired) electrons. The number of hydrogen-bond donors (Lipinski definition) is 3. The number of nitrogens with one attached hydrogen (secondary N) is 2. The summed E-state index contributed by atoms with van der Waals surface area (Å²) in [7, 11) is 0. The van der Waals surface area contributed by atoms with Crippen LogP contribution in [0.5, 0.6) is 0 Å². The Morgan fingerprint density at radius 3 is 1.89 bits per heavy atom. The van der Waals surface area contributed by atoms with Crippen LogP contribution in [0, 0.1) is 39.4 Å². The number of aromatic amines is 1. The van der Waals surface area contributed by atoms with Crippen molar-refractivity contribution in [2.45, 2.75) is 30.1 Å². The molecule has 12 heteroatoms. The van der Waals surface area contributed by atoms with Gasteiger partial charge in [0.2, 0.25) is 0 Å². The number of allylic oxidation sites excluding steroid dienone is 1. The van der Waals surface area contributed by atoms with Crippen LogP contribution in [0.4, 0.5) is 5.82 Å². The number of aromatic nitrogens is 1. The maximum Gasteiger partial charge on any atom is 0.306 e. The van der Waals surface area contributed by atoms with Gasteiger partial charge in [-0.3, -0.25) is 9.78 Å². The van der Waals surface area contributed by atoms with Crippen LogP contribution in [0.3, 0.4) is 0 Å². The van der Waals surface area contributed by atoms with Gasteiger partial charge in [-0.05, 0) is 48.2 Å². The largest absolute Gasteiger partial charge is 0.384 e. The number of nitrogens with two attached hydrogens (primary N) is 1. The van der Waals surface area contributed by atoms with Gasteiger partial charge in [0.05, 0.1) is 28.7 Å². The maximum absolute atomic E-state index is 12.5. The summed E-state index contributed by atoms with van der Waals surface area (Å²) < 4.78 is 0. The first kappa shape index (κ1) is 26.4. The lowest BCUT2D eigenvalue weighted by atomic mass is 9.49.